The van der Waals surface area contributed by atoms with E-state index in [-0.39, 0.29) is 16.8 Å². The van der Waals surface area contributed by atoms with Crippen LogP contribution in [0.5, 0.6) is 0 Å². The Balaban J connectivity index is 2.33. The lowest BCUT2D eigenvalue weighted by Gasteiger charge is -2.31. The van der Waals surface area contributed by atoms with E-state index in [1.54, 1.807) is 19.1 Å². The highest BCUT2D eigenvalue weighted by Crippen LogP contribution is 2.30. The number of nitrogens with zero attached hydrogens (tertiary/aromatic N) is 1. The minimum absolute atomic E-state index is 0.0507. The van der Waals surface area contributed by atoms with E-state index in [1.165, 1.54) is 23.3 Å². The van der Waals surface area contributed by atoms with Crippen LogP contribution in [-0.2, 0) is 14.3 Å². The molecule has 27 heavy (non-hydrogen) atoms. The van der Waals surface area contributed by atoms with E-state index >= 15 is 0 Å². The zero-order chi connectivity index (χ0) is 20.1. The van der Waals surface area contributed by atoms with Gasteiger partial charge in [-0.2, -0.15) is 0 Å². The SMILES string of the molecule is COC(=O)C(C)N(C(=O)CSC(=O)c1cccs1)c1c(C)ccc(C)c1C. The molecule has 0 aliphatic heterocycles. The molecule has 1 aromatic carbocycles. The van der Waals surface area contributed by atoms with Crippen LogP contribution in [0.1, 0.15) is 33.3 Å². The number of esters is 1. The molecular formula is C20H23NO4S2. The number of hydrogen-bond donors (Lipinski definition) is 0. The molecule has 7 heteroatoms. The highest BCUT2D eigenvalue weighted by atomic mass is 32.2. The number of benzene rings is 1. The first-order valence-corrected chi connectivity index (χ1v) is 10.3. The summed E-state index contributed by atoms with van der Waals surface area (Å²) in [6.07, 6.45) is 0. The molecule has 0 N–H and O–H groups in total. The maximum absolute atomic E-state index is 13.0. The molecule has 5 nitrogen and oxygen atoms in total. The van der Waals surface area contributed by atoms with Crippen LogP contribution in [0, 0.1) is 20.8 Å². The molecule has 0 radical (unpaired) electrons. The fourth-order valence-electron chi connectivity index (χ4n) is 2.78. The Morgan fingerprint density at radius 3 is 2.41 bits per heavy atom. The van der Waals surface area contributed by atoms with E-state index in [4.69, 9.17) is 4.74 Å². The molecule has 2 aromatic rings. The summed E-state index contributed by atoms with van der Waals surface area (Å²) in [5.74, 6) is -0.858. The van der Waals surface area contributed by atoms with Gasteiger partial charge >= 0.3 is 5.97 Å². The maximum atomic E-state index is 13.0. The third-order valence-electron chi connectivity index (χ3n) is 4.39. The summed E-state index contributed by atoms with van der Waals surface area (Å²) in [6.45, 7) is 7.41. The zero-order valence-corrected chi connectivity index (χ0v) is 17.7. The fourth-order valence-corrected chi connectivity index (χ4v) is 4.26. The van der Waals surface area contributed by atoms with Crippen LogP contribution < -0.4 is 4.90 Å². The number of rotatable bonds is 6. The molecule has 1 atom stereocenters. The van der Waals surface area contributed by atoms with Crippen molar-refractivity contribution >= 4 is 45.8 Å². The normalized spacial score (nSPS) is 11.7. The van der Waals surface area contributed by atoms with Crippen molar-refractivity contribution in [3.63, 3.8) is 0 Å². The number of anilines is 1. The lowest BCUT2D eigenvalue weighted by Crippen LogP contribution is -2.46. The molecule has 1 amide bonds. The van der Waals surface area contributed by atoms with Crippen LogP contribution in [0.4, 0.5) is 5.69 Å². The fraction of sp³-hybridized carbons (Fsp3) is 0.350. The van der Waals surface area contributed by atoms with Crippen LogP contribution in [0.25, 0.3) is 0 Å². The average Bonchev–Trinajstić information content (AvgIpc) is 3.19. The highest BCUT2D eigenvalue weighted by Gasteiger charge is 2.31. The monoisotopic (exact) mass is 405 g/mol. The molecule has 0 aliphatic carbocycles. The van der Waals surface area contributed by atoms with Crippen molar-refractivity contribution in [3.05, 3.63) is 51.2 Å². The maximum Gasteiger partial charge on any atom is 0.328 e. The summed E-state index contributed by atoms with van der Waals surface area (Å²) in [4.78, 5) is 39.5. The summed E-state index contributed by atoms with van der Waals surface area (Å²) in [7, 11) is 1.30. The van der Waals surface area contributed by atoms with E-state index in [1.807, 2.05) is 38.3 Å². The Morgan fingerprint density at radius 2 is 1.81 bits per heavy atom. The van der Waals surface area contributed by atoms with Gasteiger partial charge in [0.1, 0.15) is 6.04 Å². The number of carbonyl (C=O) groups is 3. The first-order chi connectivity index (χ1) is 12.8. The first kappa shape index (κ1) is 21.2. The van der Waals surface area contributed by atoms with Gasteiger partial charge in [0.15, 0.2) is 0 Å². The van der Waals surface area contributed by atoms with Crippen LogP contribution in [0.15, 0.2) is 29.6 Å². The van der Waals surface area contributed by atoms with E-state index in [0.29, 0.717) is 10.6 Å². The van der Waals surface area contributed by atoms with Gasteiger partial charge in [-0.15, -0.1) is 11.3 Å². The number of thiophene rings is 1. The number of hydrogen-bond acceptors (Lipinski definition) is 6. The topological polar surface area (TPSA) is 63.7 Å². The summed E-state index contributed by atoms with van der Waals surface area (Å²) >= 11 is 2.29. The standard InChI is InChI=1S/C20H23NO4S2/c1-12-8-9-13(2)18(14(12)3)21(15(4)19(23)25-5)17(22)11-27-20(24)16-7-6-10-26-16/h6-10,15H,11H2,1-5H3. The number of ether oxygens (including phenoxy) is 1. The zero-order valence-electron chi connectivity index (χ0n) is 16.1. The molecule has 1 unspecified atom stereocenters. The van der Waals surface area contributed by atoms with Gasteiger partial charge in [0.05, 0.1) is 23.4 Å². The highest BCUT2D eigenvalue weighted by molar-refractivity contribution is 8.14. The van der Waals surface area contributed by atoms with Crippen molar-refractivity contribution in [1.29, 1.82) is 0 Å². The number of aryl methyl sites for hydroxylation is 2. The van der Waals surface area contributed by atoms with Crippen LogP contribution in [-0.4, -0.2) is 35.9 Å². The van der Waals surface area contributed by atoms with Gasteiger partial charge in [-0.3, -0.25) is 14.5 Å². The second kappa shape index (κ2) is 9.19. The molecule has 0 saturated heterocycles. The molecular weight excluding hydrogens is 382 g/mol. The van der Waals surface area contributed by atoms with E-state index in [2.05, 4.69) is 0 Å². The summed E-state index contributed by atoms with van der Waals surface area (Å²) < 4.78 is 4.85. The number of amides is 1. The molecule has 0 spiro atoms. The molecule has 1 heterocycles. The van der Waals surface area contributed by atoms with Gasteiger partial charge < -0.3 is 4.74 Å². The van der Waals surface area contributed by atoms with Gasteiger partial charge in [0.25, 0.3) is 0 Å². The quantitative estimate of drug-likeness (QED) is 0.676. The van der Waals surface area contributed by atoms with E-state index in [0.717, 1.165) is 28.5 Å². The smallest absolute Gasteiger partial charge is 0.328 e. The predicted molar refractivity (Wildman–Crippen MR) is 111 cm³/mol. The summed E-state index contributed by atoms with van der Waals surface area (Å²) in [5.41, 5.74) is 3.53. The molecule has 0 fully saturated rings. The van der Waals surface area contributed by atoms with Gasteiger partial charge in [0.2, 0.25) is 11.0 Å². The minimum Gasteiger partial charge on any atom is -0.467 e. The Morgan fingerprint density at radius 1 is 1.15 bits per heavy atom. The molecule has 2 rings (SSSR count). The van der Waals surface area contributed by atoms with Gasteiger partial charge in [-0.1, -0.05) is 30.0 Å². The van der Waals surface area contributed by atoms with Crippen LogP contribution in [0.3, 0.4) is 0 Å². The van der Waals surface area contributed by atoms with Crippen molar-refractivity contribution < 1.29 is 19.1 Å². The van der Waals surface area contributed by atoms with Crippen molar-refractivity contribution in [2.45, 2.75) is 33.7 Å². The third kappa shape index (κ3) is 4.78. The second-order valence-corrected chi connectivity index (χ2v) is 8.09. The Bertz CT molecular complexity index is 846. The molecule has 0 aliphatic rings. The van der Waals surface area contributed by atoms with Crippen molar-refractivity contribution in [2.24, 2.45) is 0 Å². The lowest BCUT2D eigenvalue weighted by molar-refractivity contribution is -0.142. The predicted octanol–water partition coefficient (Wildman–Crippen LogP) is 4.14. The number of thioether (sulfide) groups is 1. The molecule has 1 aromatic heterocycles. The molecule has 144 valence electrons. The van der Waals surface area contributed by atoms with E-state index < -0.39 is 12.0 Å². The summed E-state index contributed by atoms with van der Waals surface area (Å²) in [5, 5.41) is 1.67. The number of methoxy groups -OCH3 is 1. The van der Waals surface area contributed by atoms with Crippen molar-refractivity contribution in [2.75, 3.05) is 17.8 Å². The van der Waals surface area contributed by atoms with Crippen molar-refractivity contribution in [3.8, 4) is 0 Å². The Labute approximate surface area is 167 Å². The largest absolute Gasteiger partial charge is 0.467 e. The summed E-state index contributed by atoms with van der Waals surface area (Å²) in [6, 6.07) is 6.64. The number of carbonyl (C=O) groups excluding carboxylic acids is 3. The van der Waals surface area contributed by atoms with E-state index in [9.17, 15) is 14.4 Å². The van der Waals surface area contributed by atoms with Gasteiger partial charge in [0, 0.05) is 0 Å². The minimum atomic E-state index is -0.792. The Kier molecular flexibility index (Phi) is 7.21. The average molecular weight is 406 g/mol. The van der Waals surface area contributed by atoms with Crippen LogP contribution in [0.2, 0.25) is 0 Å². The third-order valence-corrected chi connectivity index (χ3v) is 6.26. The molecule has 0 saturated carbocycles. The second-order valence-electron chi connectivity index (χ2n) is 6.19. The van der Waals surface area contributed by atoms with Crippen molar-refractivity contribution in [1.82, 2.24) is 0 Å². The van der Waals surface area contributed by atoms with Gasteiger partial charge in [-0.05, 0) is 55.8 Å². The first-order valence-electron chi connectivity index (χ1n) is 8.45. The van der Waals surface area contributed by atoms with Crippen LogP contribution >= 0.6 is 23.1 Å². The molecule has 0 bridgehead atoms. The Hall–Kier alpha value is -2.12. The lowest BCUT2D eigenvalue weighted by atomic mass is 10.0. The van der Waals surface area contributed by atoms with Gasteiger partial charge in [-0.25, -0.2) is 4.79 Å².